The van der Waals surface area contributed by atoms with Gasteiger partial charge >= 0.3 is 0 Å². The largest absolute Gasteiger partial charge is 0.494 e. The highest BCUT2D eigenvalue weighted by Crippen LogP contribution is 2.10. The number of nitrogens with one attached hydrogen (secondary N) is 2. The Morgan fingerprint density at radius 2 is 1.91 bits per heavy atom. The zero-order valence-corrected chi connectivity index (χ0v) is 13.3. The second-order valence-electron chi connectivity index (χ2n) is 5.17. The minimum absolute atomic E-state index is 0.229. The molecule has 0 saturated carbocycles. The smallest absolute Gasteiger partial charge is 0.249 e. The number of hydrogen-bond donors (Lipinski definition) is 2. The van der Waals surface area contributed by atoms with Gasteiger partial charge in [0.25, 0.3) is 0 Å². The molecule has 0 heterocycles. The van der Waals surface area contributed by atoms with Crippen molar-refractivity contribution in [2.45, 2.75) is 27.2 Å². The molecule has 0 saturated heterocycles. The average molecular weight is 305 g/mol. The molecule has 2 N–H and O–H groups in total. The average Bonchev–Trinajstić information content (AvgIpc) is 2.47. The monoisotopic (exact) mass is 305 g/mol. The Morgan fingerprint density at radius 1 is 1.23 bits per heavy atom. The van der Waals surface area contributed by atoms with Crippen LogP contribution in [0.2, 0.25) is 0 Å². The van der Waals surface area contributed by atoms with E-state index in [0.717, 1.165) is 11.3 Å². The van der Waals surface area contributed by atoms with Crippen molar-refractivity contribution in [2.24, 2.45) is 11.0 Å². The number of hydrogen-bond acceptors (Lipinski definition) is 4. The fourth-order valence-corrected chi connectivity index (χ4v) is 1.56. The minimum atomic E-state index is -0.441. The first-order valence-corrected chi connectivity index (χ1v) is 7.32. The number of hydrazone groups is 1. The van der Waals surface area contributed by atoms with Crippen LogP contribution in [-0.4, -0.2) is 31.2 Å². The van der Waals surface area contributed by atoms with Gasteiger partial charge in [0.15, 0.2) is 0 Å². The molecular formula is C16H23N3O3. The number of rotatable bonds is 8. The van der Waals surface area contributed by atoms with Gasteiger partial charge in [0.1, 0.15) is 12.2 Å². The van der Waals surface area contributed by atoms with Crippen LogP contribution in [0.4, 0.5) is 0 Å². The third kappa shape index (κ3) is 7.42. The van der Waals surface area contributed by atoms with Crippen molar-refractivity contribution in [3.05, 3.63) is 29.8 Å². The van der Waals surface area contributed by atoms with Crippen LogP contribution in [0.5, 0.6) is 5.75 Å². The van der Waals surface area contributed by atoms with Crippen molar-refractivity contribution in [3.8, 4) is 5.75 Å². The number of nitrogens with zero attached hydrogens (tertiary/aromatic N) is 1. The summed E-state index contributed by atoms with van der Waals surface area (Å²) >= 11 is 0. The van der Waals surface area contributed by atoms with E-state index in [2.05, 4.69) is 15.8 Å². The van der Waals surface area contributed by atoms with Crippen molar-refractivity contribution in [3.63, 3.8) is 0 Å². The van der Waals surface area contributed by atoms with E-state index in [4.69, 9.17) is 4.74 Å². The molecule has 0 radical (unpaired) electrons. The summed E-state index contributed by atoms with van der Waals surface area (Å²) in [6, 6.07) is 7.31. The van der Waals surface area contributed by atoms with E-state index in [-0.39, 0.29) is 12.3 Å². The third-order valence-electron chi connectivity index (χ3n) is 2.62. The van der Waals surface area contributed by atoms with E-state index >= 15 is 0 Å². The Labute approximate surface area is 130 Å². The first-order chi connectivity index (χ1) is 10.5. The van der Waals surface area contributed by atoms with E-state index in [0.29, 0.717) is 19.1 Å². The van der Waals surface area contributed by atoms with Gasteiger partial charge in [-0.05, 0) is 42.7 Å². The lowest BCUT2D eigenvalue weighted by Gasteiger charge is -2.06. The molecule has 2 amide bonds. The van der Waals surface area contributed by atoms with Gasteiger partial charge in [-0.1, -0.05) is 13.8 Å². The van der Waals surface area contributed by atoms with Crippen LogP contribution in [0.25, 0.3) is 0 Å². The van der Waals surface area contributed by atoms with Gasteiger partial charge in [0.05, 0.1) is 12.8 Å². The Balaban J connectivity index is 2.35. The summed E-state index contributed by atoms with van der Waals surface area (Å²) in [5.41, 5.74) is 3.15. The second-order valence-corrected chi connectivity index (χ2v) is 5.17. The predicted octanol–water partition coefficient (Wildman–Crippen LogP) is 1.70. The lowest BCUT2D eigenvalue weighted by Crippen LogP contribution is -2.32. The Morgan fingerprint density at radius 3 is 2.50 bits per heavy atom. The summed E-state index contributed by atoms with van der Waals surface area (Å²) < 4.78 is 5.33. The number of ether oxygens (including phenoxy) is 1. The highest BCUT2D eigenvalue weighted by atomic mass is 16.5. The van der Waals surface area contributed by atoms with E-state index < -0.39 is 5.91 Å². The Hall–Kier alpha value is -2.37. The van der Waals surface area contributed by atoms with Crippen molar-refractivity contribution >= 4 is 18.0 Å². The quantitative estimate of drug-likeness (QED) is 0.436. The topological polar surface area (TPSA) is 79.8 Å². The van der Waals surface area contributed by atoms with Crippen molar-refractivity contribution in [1.82, 2.24) is 10.7 Å². The number of amides is 2. The summed E-state index contributed by atoms with van der Waals surface area (Å²) in [6.07, 6.45) is 1.28. The minimum Gasteiger partial charge on any atom is -0.494 e. The van der Waals surface area contributed by atoms with E-state index in [1.165, 1.54) is 6.21 Å². The molecule has 6 nitrogen and oxygen atoms in total. The fourth-order valence-electron chi connectivity index (χ4n) is 1.56. The molecule has 1 aromatic carbocycles. The fraction of sp³-hybridized carbons (Fsp3) is 0.438. The van der Waals surface area contributed by atoms with Crippen LogP contribution in [0.1, 0.15) is 32.8 Å². The van der Waals surface area contributed by atoms with Gasteiger partial charge in [-0.25, -0.2) is 5.43 Å². The second kappa shape index (κ2) is 9.55. The first-order valence-electron chi connectivity index (χ1n) is 7.32. The molecule has 1 rings (SSSR count). The Kier molecular flexibility index (Phi) is 7.67. The molecule has 6 heteroatoms. The van der Waals surface area contributed by atoms with Crippen LogP contribution < -0.4 is 15.5 Å². The highest BCUT2D eigenvalue weighted by molar-refractivity contribution is 5.97. The Bertz CT molecular complexity index is 510. The van der Waals surface area contributed by atoms with Gasteiger partial charge in [-0.2, -0.15) is 5.10 Å². The lowest BCUT2D eigenvalue weighted by molar-refractivity contribution is -0.129. The summed E-state index contributed by atoms with van der Waals surface area (Å²) in [6.45, 7) is 7.06. The molecule has 0 fully saturated rings. The number of carbonyl (C=O) groups is 2. The zero-order valence-electron chi connectivity index (χ0n) is 13.3. The standard InChI is InChI=1S/C16H23N3O3/c1-4-22-14-7-5-13(6-8-14)11-18-19-16(21)9-15(20)17-10-12(2)3/h5-8,11-12H,4,9-10H2,1-3H3,(H,17,20)(H,19,21)/b18-11-. The molecule has 0 atom stereocenters. The lowest BCUT2D eigenvalue weighted by atomic mass is 10.2. The van der Waals surface area contributed by atoms with E-state index in [1.54, 1.807) is 0 Å². The SMILES string of the molecule is CCOc1ccc(/C=N\NC(=O)CC(=O)NCC(C)C)cc1. The maximum absolute atomic E-state index is 11.5. The summed E-state index contributed by atoms with van der Waals surface area (Å²) in [7, 11) is 0. The molecule has 0 aromatic heterocycles. The van der Waals surface area contributed by atoms with Gasteiger partial charge in [-0.3, -0.25) is 9.59 Å². The van der Waals surface area contributed by atoms with Crippen LogP contribution in [0.3, 0.4) is 0 Å². The van der Waals surface area contributed by atoms with Gasteiger partial charge in [0, 0.05) is 6.54 Å². The van der Waals surface area contributed by atoms with Crippen molar-refractivity contribution in [2.75, 3.05) is 13.2 Å². The third-order valence-corrected chi connectivity index (χ3v) is 2.62. The molecule has 0 aliphatic carbocycles. The first kappa shape index (κ1) is 17.7. The molecule has 0 unspecified atom stereocenters. The van der Waals surface area contributed by atoms with Crippen LogP contribution >= 0.6 is 0 Å². The summed E-state index contributed by atoms with van der Waals surface area (Å²) in [5, 5.41) is 6.49. The molecule has 1 aromatic rings. The number of carbonyl (C=O) groups excluding carboxylic acids is 2. The molecule has 22 heavy (non-hydrogen) atoms. The van der Waals surface area contributed by atoms with Crippen molar-refractivity contribution < 1.29 is 14.3 Å². The van der Waals surface area contributed by atoms with Gasteiger partial charge in [0.2, 0.25) is 11.8 Å². The van der Waals surface area contributed by atoms with Crippen LogP contribution in [0.15, 0.2) is 29.4 Å². The summed E-state index contributed by atoms with van der Waals surface area (Å²) in [4.78, 5) is 23.0. The van der Waals surface area contributed by atoms with E-state index in [9.17, 15) is 9.59 Å². The molecule has 0 spiro atoms. The van der Waals surface area contributed by atoms with Gasteiger partial charge < -0.3 is 10.1 Å². The molecule has 0 aliphatic rings. The number of benzene rings is 1. The van der Waals surface area contributed by atoms with Crippen LogP contribution in [-0.2, 0) is 9.59 Å². The molecule has 0 aliphatic heterocycles. The summed E-state index contributed by atoms with van der Waals surface area (Å²) in [5.74, 6) is 0.390. The normalized spacial score (nSPS) is 10.7. The molecular weight excluding hydrogens is 282 g/mol. The maximum Gasteiger partial charge on any atom is 0.249 e. The highest BCUT2D eigenvalue weighted by Gasteiger charge is 2.08. The van der Waals surface area contributed by atoms with Gasteiger partial charge in [-0.15, -0.1) is 0 Å². The maximum atomic E-state index is 11.5. The zero-order chi connectivity index (χ0) is 16.4. The van der Waals surface area contributed by atoms with E-state index in [1.807, 2.05) is 45.0 Å². The molecule has 120 valence electrons. The van der Waals surface area contributed by atoms with Crippen LogP contribution in [0, 0.1) is 5.92 Å². The van der Waals surface area contributed by atoms with Crippen molar-refractivity contribution in [1.29, 1.82) is 0 Å². The molecule has 0 bridgehead atoms. The predicted molar refractivity (Wildman–Crippen MR) is 85.8 cm³/mol.